The summed E-state index contributed by atoms with van der Waals surface area (Å²) in [6.07, 6.45) is 2.93. The average molecular weight is 541 g/mol. The van der Waals surface area contributed by atoms with Crippen LogP contribution in [0.25, 0.3) is 11.0 Å². The number of hydrogen-bond acceptors (Lipinski definition) is 8. The highest BCUT2D eigenvalue weighted by atomic mass is 16.6. The minimum Gasteiger partial charge on any atom is -0.489 e. The van der Waals surface area contributed by atoms with Gasteiger partial charge in [-0.15, -0.1) is 0 Å². The second-order valence-corrected chi connectivity index (χ2v) is 10.5. The van der Waals surface area contributed by atoms with E-state index in [0.717, 1.165) is 22.6 Å². The third-order valence-electron chi connectivity index (χ3n) is 6.26. The van der Waals surface area contributed by atoms with Gasteiger partial charge in [0.25, 0.3) is 5.56 Å². The van der Waals surface area contributed by atoms with Crippen LogP contribution in [0.5, 0.6) is 5.75 Å². The number of carbonyl (C=O) groups excluding carboxylic acids is 1. The summed E-state index contributed by atoms with van der Waals surface area (Å²) in [4.78, 5) is 41.8. The highest BCUT2D eigenvalue weighted by Crippen LogP contribution is 2.40. The number of aromatic nitrogens is 3. The molecule has 40 heavy (non-hydrogen) atoms. The van der Waals surface area contributed by atoms with Crippen LogP contribution in [0.15, 0.2) is 72.2 Å². The van der Waals surface area contributed by atoms with Crippen molar-refractivity contribution in [2.45, 2.75) is 33.3 Å². The molecule has 10 nitrogen and oxygen atoms in total. The van der Waals surface area contributed by atoms with Gasteiger partial charge in [0.1, 0.15) is 29.3 Å². The van der Waals surface area contributed by atoms with E-state index in [1.54, 1.807) is 23.2 Å². The summed E-state index contributed by atoms with van der Waals surface area (Å²) in [5, 5.41) is 3.82. The van der Waals surface area contributed by atoms with Gasteiger partial charge in [-0.2, -0.15) is 4.98 Å². The molecule has 1 amide bonds. The molecule has 0 saturated heterocycles. The van der Waals surface area contributed by atoms with Crippen molar-refractivity contribution in [1.29, 1.82) is 0 Å². The number of aromatic amines is 1. The fourth-order valence-electron chi connectivity index (χ4n) is 4.58. The van der Waals surface area contributed by atoms with Crippen molar-refractivity contribution >= 4 is 45.8 Å². The second kappa shape index (κ2) is 10.7. The van der Waals surface area contributed by atoms with Crippen molar-refractivity contribution in [3.63, 3.8) is 0 Å². The number of carbonyl (C=O) groups is 1. The van der Waals surface area contributed by atoms with Gasteiger partial charge < -0.3 is 24.7 Å². The molecule has 0 saturated carbocycles. The minimum absolute atomic E-state index is 0.296. The van der Waals surface area contributed by atoms with Crippen LogP contribution in [0.2, 0.25) is 0 Å². The first-order chi connectivity index (χ1) is 19.1. The molecule has 0 unspecified atom stereocenters. The molecule has 5 rings (SSSR count). The Morgan fingerprint density at radius 2 is 1.95 bits per heavy atom. The molecular weight excluding hydrogens is 508 g/mol. The van der Waals surface area contributed by atoms with Gasteiger partial charge in [0, 0.05) is 36.4 Å². The molecule has 2 aromatic heterocycles. The number of rotatable bonds is 6. The lowest BCUT2D eigenvalue weighted by Gasteiger charge is -2.38. The quantitative estimate of drug-likeness (QED) is 0.294. The summed E-state index contributed by atoms with van der Waals surface area (Å²) in [7, 11) is 0. The van der Waals surface area contributed by atoms with Crippen molar-refractivity contribution in [1.82, 2.24) is 15.0 Å². The zero-order valence-corrected chi connectivity index (χ0v) is 23.0. The Kier molecular flexibility index (Phi) is 7.17. The van der Waals surface area contributed by atoms with E-state index in [1.807, 2.05) is 75.1 Å². The van der Waals surface area contributed by atoms with Crippen LogP contribution >= 0.6 is 0 Å². The van der Waals surface area contributed by atoms with E-state index in [-0.39, 0.29) is 5.56 Å². The van der Waals surface area contributed by atoms with Crippen molar-refractivity contribution in [3.8, 4) is 5.75 Å². The van der Waals surface area contributed by atoms with Crippen LogP contribution in [0, 0.1) is 6.92 Å². The van der Waals surface area contributed by atoms with Crippen molar-refractivity contribution < 1.29 is 14.3 Å². The number of para-hydroxylation sites is 1. The van der Waals surface area contributed by atoms with Crippen LogP contribution < -0.4 is 25.4 Å². The third-order valence-corrected chi connectivity index (χ3v) is 6.26. The average Bonchev–Trinajstić information content (AvgIpc) is 2.90. The van der Waals surface area contributed by atoms with Gasteiger partial charge in [-0.25, -0.2) is 9.78 Å². The standard InChI is InChI=1S/C30H32N6O4/c1-6-15-39-22-11-8-10-21(17-22)32-28-31-18-20-16-24(27(37)33-26(20)34-28)35-13-14-36(29(38)40-30(3,4)5)25-19(2)9-7-12-23(25)35/h6-12,16-18H,1,13-15H2,2-5H3,(H2,31,32,33,34,37). The Morgan fingerprint density at radius 1 is 1.15 bits per heavy atom. The first kappa shape index (κ1) is 26.7. The van der Waals surface area contributed by atoms with E-state index < -0.39 is 11.7 Å². The zero-order valence-electron chi connectivity index (χ0n) is 23.0. The van der Waals surface area contributed by atoms with Crippen LogP contribution in [0.4, 0.5) is 33.5 Å². The molecule has 0 radical (unpaired) electrons. The molecule has 0 bridgehead atoms. The number of hydrogen-bond donors (Lipinski definition) is 2. The largest absolute Gasteiger partial charge is 0.489 e. The van der Waals surface area contributed by atoms with E-state index >= 15 is 0 Å². The molecule has 4 aromatic rings. The van der Waals surface area contributed by atoms with Gasteiger partial charge in [0.15, 0.2) is 0 Å². The lowest BCUT2D eigenvalue weighted by molar-refractivity contribution is 0.0580. The Bertz CT molecular complexity index is 1640. The number of amides is 1. The number of fused-ring (bicyclic) bond motifs is 2. The second-order valence-electron chi connectivity index (χ2n) is 10.5. The Labute approximate surface area is 232 Å². The highest BCUT2D eigenvalue weighted by molar-refractivity contribution is 5.97. The molecule has 0 fully saturated rings. The number of anilines is 5. The van der Waals surface area contributed by atoms with Crippen LogP contribution in [-0.2, 0) is 4.74 Å². The smallest absolute Gasteiger partial charge is 0.414 e. The Hall–Kier alpha value is -4.86. The van der Waals surface area contributed by atoms with Crippen molar-refractivity contribution in [2.75, 3.05) is 34.8 Å². The molecule has 10 heteroatoms. The molecule has 2 N–H and O–H groups in total. The van der Waals surface area contributed by atoms with E-state index in [0.29, 0.717) is 48.1 Å². The van der Waals surface area contributed by atoms with Crippen LogP contribution in [0.3, 0.4) is 0 Å². The van der Waals surface area contributed by atoms with E-state index in [4.69, 9.17) is 9.47 Å². The summed E-state index contributed by atoms with van der Waals surface area (Å²) in [6.45, 7) is 12.3. The van der Waals surface area contributed by atoms with Gasteiger partial charge in [-0.1, -0.05) is 30.9 Å². The van der Waals surface area contributed by atoms with Crippen LogP contribution in [-0.4, -0.2) is 46.3 Å². The predicted molar refractivity (Wildman–Crippen MR) is 157 cm³/mol. The van der Waals surface area contributed by atoms with Crippen molar-refractivity contribution in [3.05, 3.63) is 83.3 Å². The Balaban J connectivity index is 1.45. The predicted octanol–water partition coefficient (Wildman–Crippen LogP) is 5.83. The van der Waals surface area contributed by atoms with Gasteiger partial charge in [-0.05, 0) is 57.5 Å². The summed E-state index contributed by atoms with van der Waals surface area (Å²) in [5.74, 6) is 1.02. The van der Waals surface area contributed by atoms with Crippen molar-refractivity contribution in [2.24, 2.45) is 0 Å². The molecule has 1 aliphatic heterocycles. The number of aryl methyl sites for hydroxylation is 1. The maximum atomic E-state index is 13.3. The molecule has 0 aliphatic carbocycles. The minimum atomic E-state index is -0.623. The zero-order chi connectivity index (χ0) is 28.4. The normalized spacial score (nSPS) is 13.1. The lowest BCUT2D eigenvalue weighted by Crippen LogP contribution is -2.46. The molecule has 0 atom stereocenters. The van der Waals surface area contributed by atoms with E-state index in [2.05, 4.69) is 26.8 Å². The SMILES string of the molecule is C=CCOc1cccc(Nc2ncc3cc(N4CCN(C(=O)OC(C)(C)C)c5c(C)cccc54)c(=O)[nH]c3n2)c1. The lowest BCUT2D eigenvalue weighted by atomic mass is 10.1. The summed E-state index contributed by atoms with van der Waals surface area (Å²) >= 11 is 0. The number of pyridine rings is 1. The summed E-state index contributed by atoms with van der Waals surface area (Å²) in [5.41, 5.74) is 3.05. The number of H-pyrrole nitrogens is 1. The fourth-order valence-corrected chi connectivity index (χ4v) is 4.58. The van der Waals surface area contributed by atoms with E-state index in [1.165, 1.54) is 0 Å². The maximum absolute atomic E-state index is 13.3. The molecule has 0 spiro atoms. The molecule has 2 aromatic carbocycles. The molecule has 3 heterocycles. The summed E-state index contributed by atoms with van der Waals surface area (Å²) in [6, 6.07) is 14.9. The highest BCUT2D eigenvalue weighted by Gasteiger charge is 2.32. The topological polar surface area (TPSA) is 113 Å². The first-order valence-electron chi connectivity index (χ1n) is 13.0. The Morgan fingerprint density at radius 3 is 2.73 bits per heavy atom. The van der Waals surface area contributed by atoms with Gasteiger partial charge >= 0.3 is 6.09 Å². The monoisotopic (exact) mass is 540 g/mol. The van der Waals surface area contributed by atoms with Crippen LogP contribution in [0.1, 0.15) is 26.3 Å². The maximum Gasteiger partial charge on any atom is 0.414 e. The number of nitrogens with one attached hydrogen (secondary N) is 2. The third kappa shape index (κ3) is 5.61. The van der Waals surface area contributed by atoms with Gasteiger partial charge in [0.2, 0.25) is 5.95 Å². The fraction of sp³-hybridized carbons (Fsp3) is 0.267. The number of nitrogens with zero attached hydrogens (tertiary/aromatic N) is 4. The van der Waals surface area contributed by atoms with Gasteiger partial charge in [-0.3, -0.25) is 9.69 Å². The molecule has 1 aliphatic rings. The van der Waals surface area contributed by atoms with E-state index in [9.17, 15) is 9.59 Å². The number of ether oxygens (including phenoxy) is 2. The molecular formula is C30H32N6O4. The van der Waals surface area contributed by atoms with Gasteiger partial charge in [0.05, 0.1) is 11.4 Å². The molecule has 206 valence electrons. The first-order valence-corrected chi connectivity index (χ1v) is 13.0. The number of benzene rings is 2. The summed E-state index contributed by atoms with van der Waals surface area (Å²) < 4.78 is 11.2.